The molecule has 0 spiro atoms. The molecule has 2 rings (SSSR count). The maximum atomic E-state index is 13.5. The SMILES string of the molecule is Cc1ccccc1NC(=O)CNc1ccc(Cl)cc1F. The van der Waals surface area contributed by atoms with E-state index in [9.17, 15) is 9.18 Å². The minimum absolute atomic E-state index is 0.0209. The van der Waals surface area contributed by atoms with Gasteiger partial charge in [0.15, 0.2) is 0 Å². The fourth-order valence-corrected chi connectivity index (χ4v) is 1.87. The van der Waals surface area contributed by atoms with Gasteiger partial charge in [-0.15, -0.1) is 0 Å². The number of anilines is 2. The molecule has 0 unspecified atom stereocenters. The summed E-state index contributed by atoms with van der Waals surface area (Å²) in [5.74, 6) is -0.727. The standard InChI is InChI=1S/C15H14ClFN2O/c1-10-4-2-3-5-13(10)19-15(20)9-18-14-7-6-11(16)8-12(14)17/h2-8,18H,9H2,1H3,(H,19,20). The lowest BCUT2D eigenvalue weighted by atomic mass is 10.2. The van der Waals surface area contributed by atoms with Crippen LogP contribution in [0, 0.1) is 12.7 Å². The molecular weight excluding hydrogens is 279 g/mol. The molecule has 0 atom stereocenters. The van der Waals surface area contributed by atoms with Gasteiger partial charge in [0.05, 0.1) is 12.2 Å². The van der Waals surface area contributed by atoms with Crippen LogP contribution in [0.3, 0.4) is 0 Å². The lowest BCUT2D eigenvalue weighted by Gasteiger charge is -2.10. The molecule has 0 aliphatic carbocycles. The molecule has 0 saturated heterocycles. The maximum Gasteiger partial charge on any atom is 0.243 e. The summed E-state index contributed by atoms with van der Waals surface area (Å²) in [5.41, 5.74) is 1.96. The van der Waals surface area contributed by atoms with E-state index in [0.717, 1.165) is 11.3 Å². The van der Waals surface area contributed by atoms with Crippen molar-refractivity contribution in [1.29, 1.82) is 0 Å². The van der Waals surface area contributed by atoms with Crippen molar-refractivity contribution >= 4 is 28.9 Å². The Labute approximate surface area is 121 Å². The zero-order chi connectivity index (χ0) is 14.5. The van der Waals surface area contributed by atoms with E-state index in [0.29, 0.717) is 5.02 Å². The lowest BCUT2D eigenvalue weighted by molar-refractivity contribution is -0.114. The van der Waals surface area contributed by atoms with E-state index in [4.69, 9.17) is 11.6 Å². The van der Waals surface area contributed by atoms with Crippen LogP contribution in [0.15, 0.2) is 42.5 Å². The smallest absolute Gasteiger partial charge is 0.243 e. The van der Waals surface area contributed by atoms with Crippen LogP contribution in [0.25, 0.3) is 0 Å². The molecule has 0 aliphatic heterocycles. The van der Waals surface area contributed by atoms with E-state index >= 15 is 0 Å². The van der Waals surface area contributed by atoms with Crippen LogP contribution < -0.4 is 10.6 Å². The van der Waals surface area contributed by atoms with Gasteiger partial charge in [-0.1, -0.05) is 29.8 Å². The highest BCUT2D eigenvalue weighted by molar-refractivity contribution is 6.30. The molecule has 3 nitrogen and oxygen atoms in total. The summed E-state index contributed by atoms with van der Waals surface area (Å²) in [7, 11) is 0. The molecule has 0 aromatic heterocycles. The minimum atomic E-state index is -0.485. The van der Waals surface area contributed by atoms with Crippen LogP contribution in [-0.4, -0.2) is 12.5 Å². The number of nitrogens with one attached hydrogen (secondary N) is 2. The molecule has 0 fully saturated rings. The Morgan fingerprint density at radius 3 is 2.65 bits per heavy atom. The van der Waals surface area contributed by atoms with Crippen LogP contribution in [-0.2, 0) is 4.79 Å². The van der Waals surface area contributed by atoms with Crippen LogP contribution in [0.5, 0.6) is 0 Å². The number of hydrogen-bond acceptors (Lipinski definition) is 2. The highest BCUT2D eigenvalue weighted by Gasteiger charge is 2.07. The van der Waals surface area contributed by atoms with Crippen LogP contribution in [0.1, 0.15) is 5.56 Å². The molecule has 5 heteroatoms. The van der Waals surface area contributed by atoms with E-state index in [1.807, 2.05) is 31.2 Å². The summed E-state index contributed by atoms with van der Waals surface area (Å²) in [6.45, 7) is 1.88. The number of carbonyl (C=O) groups excluding carboxylic acids is 1. The first-order valence-electron chi connectivity index (χ1n) is 6.10. The molecule has 2 aromatic rings. The van der Waals surface area contributed by atoms with Gasteiger partial charge in [-0.05, 0) is 36.8 Å². The van der Waals surface area contributed by atoms with Crippen LogP contribution in [0.2, 0.25) is 5.02 Å². The first-order valence-corrected chi connectivity index (χ1v) is 6.48. The van der Waals surface area contributed by atoms with Gasteiger partial charge in [0, 0.05) is 10.7 Å². The van der Waals surface area contributed by atoms with E-state index in [2.05, 4.69) is 10.6 Å². The van der Waals surface area contributed by atoms with Gasteiger partial charge in [0.2, 0.25) is 5.91 Å². The average molecular weight is 293 g/mol. The Morgan fingerprint density at radius 1 is 1.20 bits per heavy atom. The third-order valence-corrected chi connectivity index (χ3v) is 3.02. The Hall–Kier alpha value is -2.07. The van der Waals surface area contributed by atoms with Crippen molar-refractivity contribution in [3.8, 4) is 0 Å². The zero-order valence-electron chi connectivity index (χ0n) is 10.9. The van der Waals surface area contributed by atoms with Crippen molar-refractivity contribution in [3.63, 3.8) is 0 Å². The summed E-state index contributed by atoms with van der Waals surface area (Å²) >= 11 is 5.66. The fraction of sp³-hybridized carbons (Fsp3) is 0.133. The third-order valence-electron chi connectivity index (χ3n) is 2.79. The van der Waals surface area contributed by atoms with Gasteiger partial charge in [0.25, 0.3) is 0 Å². The van der Waals surface area contributed by atoms with Crippen molar-refractivity contribution in [1.82, 2.24) is 0 Å². The molecular formula is C15H14ClFN2O. The Morgan fingerprint density at radius 2 is 1.95 bits per heavy atom. The number of para-hydroxylation sites is 1. The Kier molecular flexibility index (Phi) is 4.58. The average Bonchev–Trinajstić information content (AvgIpc) is 2.40. The summed E-state index contributed by atoms with van der Waals surface area (Å²) in [6.07, 6.45) is 0. The second kappa shape index (κ2) is 6.39. The minimum Gasteiger partial charge on any atom is -0.374 e. The number of hydrogen-bond donors (Lipinski definition) is 2. The monoisotopic (exact) mass is 292 g/mol. The van der Waals surface area contributed by atoms with Gasteiger partial charge < -0.3 is 10.6 Å². The highest BCUT2D eigenvalue weighted by atomic mass is 35.5. The zero-order valence-corrected chi connectivity index (χ0v) is 11.7. The summed E-state index contributed by atoms with van der Waals surface area (Å²) < 4.78 is 13.5. The van der Waals surface area contributed by atoms with Crippen molar-refractivity contribution in [3.05, 3.63) is 58.9 Å². The van der Waals surface area contributed by atoms with E-state index < -0.39 is 5.82 Å². The van der Waals surface area contributed by atoms with Gasteiger partial charge >= 0.3 is 0 Å². The van der Waals surface area contributed by atoms with E-state index in [1.54, 1.807) is 6.07 Å². The summed E-state index contributed by atoms with van der Waals surface area (Å²) in [6, 6.07) is 11.7. The van der Waals surface area contributed by atoms with Crippen molar-refractivity contribution in [2.75, 3.05) is 17.2 Å². The summed E-state index contributed by atoms with van der Waals surface area (Å²) in [4.78, 5) is 11.8. The molecule has 2 N–H and O–H groups in total. The van der Waals surface area contributed by atoms with Crippen molar-refractivity contribution < 1.29 is 9.18 Å². The van der Waals surface area contributed by atoms with Crippen LogP contribution >= 0.6 is 11.6 Å². The second-order valence-electron chi connectivity index (χ2n) is 4.34. The third kappa shape index (κ3) is 3.71. The number of carbonyl (C=O) groups is 1. The molecule has 0 saturated carbocycles. The predicted octanol–water partition coefficient (Wildman–Crippen LogP) is 3.84. The Balaban J connectivity index is 1.94. The first-order chi connectivity index (χ1) is 9.56. The molecule has 104 valence electrons. The normalized spacial score (nSPS) is 10.2. The molecule has 0 aliphatic rings. The topological polar surface area (TPSA) is 41.1 Å². The molecule has 20 heavy (non-hydrogen) atoms. The molecule has 1 amide bonds. The van der Waals surface area contributed by atoms with Gasteiger partial charge in [-0.3, -0.25) is 4.79 Å². The van der Waals surface area contributed by atoms with Gasteiger partial charge in [-0.25, -0.2) is 4.39 Å². The molecule has 0 radical (unpaired) electrons. The number of benzene rings is 2. The van der Waals surface area contributed by atoms with Gasteiger partial charge in [0.1, 0.15) is 5.82 Å². The number of aryl methyl sites for hydroxylation is 1. The quantitative estimate of drug-likeness (QED) is 0.899. The molecule has 2 aromatic carbocycles. The largest absolute Gasteiger partial charge is 0.374 e. The number of rotatable bonds is 4. The fourth-order valence-electron chi connectivity index (χ4n) is 1.72. The lowest BCUT2D eigenvalue weighted by Crippen LogP contribution is -2.22. The second-order valence-corrected chi connectivity index (χ2v) is 4.78. The summed E-state index contributed by atoms with van der Waals surface area (Å²) in [5, 5.41) is 5.81. The van der Waals surface area contributed by atoms with E-state index in [1.165, 1.54) is 12.1 Å². The predicted molar refractivity (Wildman–Crippen MR) is 79.7 cm³/mol. The van der Waals surface area contributed by atoms with Crippen LogP contribution in [0.4, 0.5) is 15.8 Å². The molecule has 0 heterocycles. The van der Waals surface area contributed by atoms with Gasteiger partial charge in [-0.2, -0.15) is 0 Å². The van der Waals surface area contributed by atoms with E-state index in [-0.39, 0.29) is 18.1 Å². The number of amides is 1. The number of halogens is 2. The first kappa shape index (κ1) is 14.3. The van der Waals surface area contributed by atoms with Crippen molar-refractivity contribution in [2.24, 2.45) is 0 Å². The highest BCUT2D eigenvalue weighted by Crippen LogP contribution is 2.18. The Bertz CT molecular complexity index is 631. The molecule has 0 bridgehead atoms. The van der Waals surface area contributed by atoms with Crippen molar-refractivity contribution in [2.45, 2.75) is 6.92 Å². The maximum absolute atomic E-state index is 13.5.